The zero-order chi connectivity index (χ0) is 15.5. The van der Waals surface area contributed by atoms with Crippen molar-refractivity contribution in [2.45, 2.75) is 50.2 Å². The summed E-state index contributed by atoms with van der Waals surface area (Å²) in [4.78, 5) is 23.3. The molecule has 2 N–H and O–H groups in total. The van der Waals surface area contributed by atoms with Gasteiger partial charge in [0.15, 0.2) is 9.84 Å². The molecule has 1 saturated carbocycles. The lowest BCUT2D eigenvalue weighted by Crippen LogP contribution is -2.45. The van der Waals surface area contributed by atoms with Gasteiger partial charge in [0.1, 0.15) is 5.25 Å². The van der Waals surface area contributed by atoms with Crippen LogP contribution in [0.4, 0.5) is 0 Å². The molecule has 3 atom stereocenters. The van der Waals surface area contributed by atoms with E-state index < -0.39 is 32.9 Å². The van der Waals surface area contributed by atoms with Crippen LogP contribution in [-0.2, 0) is 19.4 Å². The van der Waals surface area contributed by atoms with E-state index in [0.717, 1.165) is 25.7 Å². The standard InChI is InChI=1S/C14H23NO5S/c16-13(12-7-3-4-8-21(12,19)20)15-9-10-5-1-2-6-11(10)14(17)18/h10-12H,1-9H2,(H,15,16)(H,17,18). The first kappa shape index (κ1) is 16.3. The van der Waals surface area contributed by atoms with Crippen LogP contribution < -0.4 is 5.32 Å². The molecular weight excluding hydrogens is 294 g/mol. The molecule has 3 unspecified atom stereocenters. The van der Waals surface area contributed by atoms with Gasteiger partial charge >= 0.3 is 5.97 Å². The minimum atomic E-state index is -3.33. The fraction of sp³-hybridized carbons (Fsp3) is 0.857. The van der Waals surface area contributed by atoms with Gasteiger partial charge in [0.25, 0.3) is 0 Å². The van der Waals surface area contributed by atoms with Crippen LogP contribution in [0.25, 0.3) is 0 Å². The number of carboxylic acid groups (broad SMARTS) is 1. The Morgan fingerprint density at radius 3 is 2.38 bits per heavy atom. The van der Waals surface area contributed by atoms with E-state index in [4.69, 9.17) is 0 Å². The molecule has 21 heavy (non-hydrogen) atoms. The van der Waals surface area contributed by atoms with Gasteiger partial charge in [-0.3, -0.25) is 9.59 Å². The highest BCUT2D eigenvalue weighted by Gasteiger charge is 2.36. The molecule has 2 aliphatic rings. The van der Waals surface area contributed by atoms with Gasteiger partial charge in [-0.15, -0.1) is 0 Å². The maximum atomic E-state index is 12.1. The number of amides is 1. The maximum absolute atomic E-state index is 12.1. The number of nitrogens with one attached hydrogen (secondary N) is 1. The molecule has 0 aromatic rings. The van der Waals surface area contributed by atoms with Crippen LogP contribution in [-0.4, -0.2) is 42.9 Å². The number of sulfone groups is 1. The number of carboxylic acids is 1. The summed E-state index contributed by atoms with van der Waals surface area (Å²) in [6, 6.07) is 0. The molecule has 2 fully saturated rings. The van der Waals surface area contributed by atoms with E-state index >= 15 is 0 Å². The highest BCUT2D eigenvalue weighted by Crippen LogP contribution is 2.30. The van der Waals surface area contributed by atoms with E-state index in [1.807, 2.05) is 0 Å². The van der Waals surface area contributed by atoms with Gasteiger partial charge in [-0.25, -0.2) is 8.42 Å². The maximum Gasteiger partial charge on any atom is 0.306 e. The Morgan fingerprint density at radius 1 is 1.05 bits per heavy atom. The molecular formula is C14H23NO5S. The van der Waals surface area contributed by atoms with Gasteiger partial charge in [-0.05, 0) is 31.6 Å². The summed E-state index contributed by atoms with van der Waals surface area (Å²) in [6.45, 7) is 0.266. The molecule has 0 bridgehead atoms. The van der Waals surface area contributed by atoms with E-state index in [0.29, 0.717) is 19.3 Å². The zero-order valence-electron chi connectivity index (χ0n) is 12.1. The first-order valence-electron chi connectivity index (χ1n) is 7.64. The Labute approximate surface area is 125 Å². The van der Waals surface area contributed by atoms with Crippen molar-refractivity contribution in [3.05, 3.63) is 0 Å². The quantitative estimate of drug-likeness (QED) is 0.804. The van der Waals surface area contributed by atoms with Crippen molar-refractivity contribution in [3.8, 4) is 0 Å². The zero-order valence-corrected chi connectivity index (χ0v) is 12.9. The summed E-state index contributed by atoms with van der Waals surface area (Å²) in [5.74, 6) is -1.72. The van der Waals surface area contributed by atoms with E-state index in [-0.39, 0.29) is 18.2 Å². The van der Waals surface area contributed by atoms with Crippen molar-refractivity contribution < 1.29 is 23.1 Å². The van der Waals surface area contributed by atoms with Gasteiger partial charge < -0.3 is 10.4 Å². The van der Waals surface area contributed by atoms with Gasteiger partial charge in [0, 0.05) is 6.54 Å². The van der Waals surface area contributed by atoms with Crippen molar-refractivity contribution >= 4 is 21.7 Å². The molecule has 0 radical (unpaired) electrons. The molecule has 1 amide bonds. The minimum absolute atomic E-state index is 0.0757. The highest BCUT2D eigenvalue weighted by atomic mass is 32.2. The summed E-state index contributed by atoms with van der Waals surface area (Å²) < 4.78 is 23.8. The molecule has 1 heterocycles. The van der Waals surface area contributed by atoms with Gasteiger partial charge in [0.2, 0.25) is 5.91 Å². The topological polar surface area (TPSA) is 101 Å². The lowest BCUT2D eigenvalue weighted by molar-refractivity contribution is -0.145. The molecule has 0 spiro atoms. The first-order chi connectivity index (χ1) is 9.92. The fourth-order valence-electron chi connectivity index (χ4n) is 3.37. The van der Waals surface area contributed by atoms with Crippen molar-refractivity contribution in [1.29, 1.82) is 0 Å². The summed E-state index contributed by atoms with van der Waals surface area (Å²) in [5, 5.41) is 10.9. The largest absolute Gasteiger partial charge is 0.481 e. The molecule has 2 rings (SSSR count). The van der Waals surface area contributed by atoms with Crippen LogP contribution in [0.1, 0.15) is 44.9 Å². The predicted molar refractivity (Wildman–Crippen MR) is 77.5 cm³/mol. The molecule has 1 saturated heterocycles. The Kier molecular flexibility index (Phi) is 5.24. The van der Waals surface area contributed by atoms with Gasteiger partial charge in [0.05, 0.1) is 11.7 Å². The molecule has 7 heteroatoms. The molecule has 0 aromatic heterocycles. The van der Waals surface area contributed by atoms with Crippen molar-refractivity contribution in [1.82, 2.24) is 5.32 Å². The average molecular weight is 317 g/mol. The second-order valence-corrected chi connectivity index (χ2v) is 8.39. The van der Waals surface area contributed by atoms with Crippen LogP contribution >= 0.6 is 0 Å². The number of carbonyl (C=O) groups excluding carboxylic acids is 1. The van der Waals surface area contributed by atoms with Gasteiger partial charge in [-0.2, -0.15) is 0 Å². The molecule has 120 valence electrons. The number of hydrogen-bond acceptors (Lipinski definition) is 4. The normalized spacial score (nSPS) is 32.3. The van der Waals surface area contributed by atoms with Crippen LogP contribution in [0.2, 0.25) is 0 Å². The lowest BCUT2D eigenvalue weighted by atomic mass is 9.79. The Morgan fingerprint density at radius 2 is 1.71 bits per heavy atom. The van der Waals surface area contributed by atoms with Crippen molar-refractivity contribution in [2.75, 3.05) is 12.3 Å². The van der Waals surface area contributed by atoms with Crippen LogP contribution in [0.5, 0.6) is 0 Å². The van der Waals surface area contributed by atoms with Gasteiger partial charge in [-0.1, -0.05) is 19.3 Å². The number of hydrogen-bond donors (Lipinski definition) is 2. The van der Waals surface area contributed by atoms with Crippen molar-refractivity contribution in [2.24, 2.45) is 11.8 Å². The summed E-state index contributed by atoms with van der Waals surface area (Å²) in [6.07, 6.45) is 5.02. The van der Waals surface area contributed by atoms with Crippen LogP contribution in [0.3, 0.4) is 0 Å². The molecule has 6 nitrogen and oxygen atoms in total. The number of rotatable bonds is 4. The molecule has 0 aromatic carbocycles. The summed E-state index contributed by atoms with van der Waals surface area (Å²) >= 11 is 0. The Hall–Kier alpha value is -1.11. The third-order valence-electron chi connectivity index (χ3n) is 4.64. The SMILES string of the molecule is O=C(O)C1CCCCC1CNC(=O)C1CCCCS1(=O)=O. The second kappa shape index (κ2) is 6.77. The summed E-state index contributed by atoms with van der Waals surface area (Å²) in [5.41, 5.74) is 0. The molecule has 1 aliphatic heterocycles. The van der Waals surface area contributed by atoms with E-state index in [9.17, 15) is 23.1 Å². The number of aliphatic carboxylic acids is 1. The monoisotopic (exact) mass is 317 g/mol. The minimum Gasteiger partial charge on any atom is -0.481 e. The number of carbonyl (C=O) groups is 2. The average Bonchev–Trinajstić information content (AvgIpc) is 2.44. The van der Waals surface area contributed by atoms with E-state index in [2.05, 4.69) is 5.32 Å². The van der Waals surface area contributed by atoms with Crippen molar-refractivity contribution in [3.63, 3.8) is 0 Å². The Balaban J connectivity index is 1.92. The van der Waals surface area contributed by atoms with E-state index in [1.54, 1.807) is 0 Å². The first-order valence-corrected chi connectivity index (χ1v) is 9.35. The Bertz CT molecular complexity index is 501. The predicted octanol–water partition coefficient (Wildman–Crippen LogP) is 0.961. The van der Waals surface area contributed by atoms with E-state index in [1.165, 1.54) is 0 Å². The fourth-order valence-corrected chi connectivity index (χ4v) is 5.20. The van der Waals surface area contributed by atoms with Crippen LogP contribution in [0.15, 0.2) is 0 Å². The third kappa shape index (κ3) is 3.96. The lowest BCUT2D eigenvalue weighted by Gasteiger charge is -2.29. The second-order valence-electron chi connectivity index (χ2n) is 6.09. The highest BCUT2D eigenvalue weighted by molar-refractivity contribution is 7.92. The smallest absolute Gasteiger partial charge is 0.306 e. The molecule has 1 aliphatic carbocycles. The van der Waals surface area contributed by atoms with Crippen LogP contribution in [0, 0.1) is 11.8 Å². The summed E-state index contributed by atoms with van der Waals surface area (Å²) in [7, 11) is -3.33. The third-order valence-corrected chi connectivity index (χ3v) is 6.81.